The van der Waals surface area contributed by atoms with Crippen LogP contribution in [-0.4, -0.2) is 20.4 Å². The third kappa shape index (κ3) is 2.51. The highest BCUT2D eigenvalue weighted by Crippen LogP contribution is 2.33. The molecule has 0 bridgehead atoms. The molecule has 0 saturated carbocycles. The van der Waals surface area contributed by atoms with Crippen molar-refractivity contribution in [1.29, 1.82) is 5.26 Å². The van der Waals surface area contributed by atoms with E-state index in [1.165, 1.54) is 17.3 Å². The Morgan fingerprint density at radius 2 is 1.96 bits per heavy atom. The summed E-state index contributed by atoms with van der Waals surface area (Å²) in [4.78, 5) is 16.9. The normalized spacial score (nSPS) is 16.9. The highest BCUT2D eigenvalue weighted by Gasteiger charge is 2.29. The van der Waals surface area contributed by atoms with Crippen molar-refractivity contribution in [2.45, 2.75) is 38.5 Å². The molecule has 0 N–H and O–H groups in total. The maximum Gasteiger partial charge on any atom is 0.173 e. The molecular weight excluding hydrogens is 312 g/mol. The Morgan fingerprint density at radius 1 is 1.20 bits per heavy atom. The smallest absolute Gasteiger partial charge is 0.173 e. The standard InChI is InChI=1S/C20H18N4O/c1-12(2)13-3-5-14(6-4-13)15-7-18-17(19(25)8-15)11-22-20-16(9-21)10-23-24(18)20/h3-6,10-12,15H,7-8H2,1-2H3. The Labute approximate surface area is 145 Å². The van der Waals surface area contributed by atoms with Gasteiger partial charge in [-0.05, 0) is 29.4 Å². The molecule has 1 unspecified atom stereocenters. The summed E-state index contributed by atoms with van der Waals surface area (Å²) >= 11 is 0. The van der Waals surface area contributed by atoms with Gasteiger partial charge in [0.2, 0.25) is 0 Å². The van der Waals surface area contributed by atoms with Gasteiger partial charge in [0.1, 0.15) is 11.6 Å². The molecule has 2 aromatic heterocycles. The number of hydrogen-bond acceptors (Lipinski definition) is 4. The predicted octanol–water partition coefficient (Wildman–Crippen LogP) is 3.64. The fourth-order valence-electron chi connectivity index (χ4n) is 3.51. The average Bonchev–Trinajstić information content (AvgIpc) is 3.05. The van der Waals surface area contributed by atoms with Crippen molar-refractivity contribution in [3.63, 3.8) is 0 Å². The van der Waals surface area contributed by atoms with Gasteiger partial charge < -0.3 is 0 Å². The molecular formula is C20H18N4O. The quantitative estimate of drug-likeness (QED) is 0.719. The summed E-state index contributed by atoms with van der Waals surface area (Å²) in [6.07, 6.45) is 4.29. The van der Waals surface area contributed by atoms with E-state index in [4.69, 9.17) is 0 Å². The van der Waals surface area contributed by atoms with Crippen molar-refractivity contribution in [2.24, 2.45) is 0 Å². The summed E-state index contributed by atoms with van der Waals surface area (Å²) in [5.74, 6) is 0.700. The van der Waals surface area contributed by atoms with Gasteiger partial charge in [-0.25, -0.2) is 9.50 Å². The minimum absolute atomic E-state index is 0.0857. The Bertz CT molecular complexity index is 1010. The second-order valence-electron chi connectivity index (χ2n) is 6.87. The summed E-state index contributed by atoms with van der Waals surface area (Å²) in [7, 11) is 0. The van der Waals surface area contributed by atoms with E-state index in [0.717, 1.165) is 5.69 Å². The van der Waals surface area contributed by atoms with E-state index in [1.807, 2.05) is 0 Å². The van der Waals surface area contributed by atoms with Crippen LogP contribution in [-0.2, 0) is 6.42 Å². The molecule has 0 amide bonds. The number of carbonyl (C=O) groups excluding carboxylic acids is 1. The zero-order valence-corrected chi connectivity index (χ0v) is 14.2. The summed E-state index contributed by atoms with van der Waals surface area (Å²) in [6, 6.07) is 10.6. The average molecular weight is 330 g/mol. The van der Waals surface area contributed by atoms with Crippen molar-refractivity contribution in [3.05, 3.63) is 64.6 Å². The fraction of sp³-hybridized carbons (Fsp3) is 0.300. The van der Waals surface area contributed by atoms with Crippen LogP contribution in [0.4, 0.5) is 0 Å². The van der Waals surface area contributed by atoms with Crippen LogP contribution >= 0.6 is 0 Å². The molecule has 3 aromatic rings. The number of hydrogen-bond donors (Lipinski definition) is 0. The van der Waals surface area contributed by atoms with Gasteiger partial charge in [0.15, 0.2) is 11.4 Å². The highest BCUT2D eigenvalue weighted by molar-refractivity contribution is 5.98. The van der Waals surface area contributed by atoms with Crippen LogP contribution in [0.2, 0.25) is 0 Å². The zero-order valence-electron chi connectivity index (χ0n) is 14.2. The summed E-state index contributed by atoms with van der Waals surface area (Å²) in [6.45, 7) is 4.34. The molecule has 5 heteroatoms. The van der Waals surface area contributed by atoms with Crippen molar-refractivity contribution in [3.8, 4) is 6.07 Å². The monoisotopic (exact) mass is 330 g/mol. The van der Waals surface area contributed by atoms with Crippen LogP contribution < -0.4 is 0 Å². The van der Waals surface area contributed by atoms with Gasteiger partial charge in [0.25, 0.3) is 0 Å². The number of aromatic nitrogens is 3. The van der Waals surface area contributed by atoms with Crippen molar-refractivity contribution < 1.29 is 4.79 Å². The van der Waals surface area contributed by atoms with Crippen molar-refractivity contribution in [1.82, 2.24) is 14.6 Å². The van der Waals surface area contributed by atoms with E-state index < -0.39 is 0 Å². The topological polar surface area (TPSA) is 71.0 Å². The predicted molar refractivity (Wildman–Crippen MR) is 93.6 cm³/mol. The van der Waals surface area contributed by atoms with Gasteiger partial charge in [-0.15, -0.1) is 0 Å². The second kappa shape index (κ2) is 5.82. The molecule has 0 radical (unpaired) electrons. The van der Waals surface area contributed by atoms with Crippen molar-refractivity contribution in [2.75, 3.05) is 0 Å². The summed E-state index contributed by atoms with van der Waals surface area (Å²) in [5, 5.41) is 13.5. The molecule has 1 atom stereocenters. The Morgan fingerprint density at radius 3 is 2.64 bits per heavy atom. The van der Waals surface area contributed by atoms with Gasteiger partial charge in [-0.3, -0.25) is 4.79 Å². The third-order valence-electron chi connectivity index (χ3n) is 4.99. The lowest BCUT2D eigenvalue weighted by molar-refractivity contribution is 0.0962. The van der Waals surface area contributed by atoms with Gasteiger partial charge in [-0.1, -0.05) is 38.1 Å². The Hall–Kier alpha value is -3.00. The number of carbonyl (C=O) groups is 1. The van der Waals surface area contributed by atoms with E-state index in [1.54, 1.807) is 10.7 Å². The molecule has 5 nitrogen and oxygen atoms in total. The van der Waals surface area contributed by atoms with E-state index in [2.05, 4.69) is 54.3 Å². The molecule has 124 valence electrons. The van der Waals surface area contributed by atoms with E-state index in [0.29, 0.717) is 35.5 Å². The molecule has 0 aliphatic heterocycles. The molecule has 25 heavy (non-hydrogen) atoms. The molecule has 0 saturated heterocycles. The first kappa shape index (κ1) is 15.5. The summed E-state index contributed by atoms with van der Waals surface area (Å²) in [5.41, 5.74) is 4.88. The van der Waals surface area contributed by atoms with E-state index in [-0.39, 0.29) is 11.7 Å². The van der Waals surface area contributed by atoms with Crippen LogP contribution in [0.1, 0.15) is 64.8 Å². The van der Waals surface area contributed by atoms with Gasteiger partial charge >= 0.3 is 0 Å². The second-order valence-corrected chi connectivity index (χ2v) is 6.87. The number of Topliss-reactive ketones (excluding diaryl/α,β-unsaturated/α-hetero) is 1. The number of benzene rings is 1. The highest BCUT2D eigenvalue weighted by atomic mass is 16.1. The van der Waals surface area contributed by atoms with Crippen molar-refractivity contribution >= 4 is 11.4 Å². The lowest BCUT2D eigenvalue weighted by Crippen LogP contribution is -2.22. The zero-order chi connectivity index (χ0) is 17.6. The maximum absolute atomic E-state index is 12.6. The molecule has 0 fully saturated rings. The lowest BCUT2D eigenvalue weighted by atomic mass is 9.81. The lowest BCUT2D eigenvalue weighted by Gasteiger charge is -2.24. The van der Waals surface area contributed by atoms with E-state index in [9.17, 15) is 10.1 Å². The Kier molecular flexibility index (Phi) is 3.61. The molecule has 1 aliphatic rings. The van der Waals surface area contributed by atoms with Crippen LogP contribution in [0.5, 0.6) is 0 Å². The minimum Gasteiger partial charge on any atom is -0.294 e. The molecule has 1 aliphatic carbocycles. The number of ketones is 1. The molecule has 4 rings (SSSR count). The van der Waals surface area contributed by atoms with Gasteiger partial charge in [-0.2, -0.15) is 10.4 Å². The number of rotatable bonds is 2. The van der Waals surface area contributed by atoms with Gasteiger partial charge in [0.05, 0.1) is 17.5 Å². The Balaban J connectivity index is 1.76. The van der Waals surface area contributed by atoms with Gasteiger partial charge in [0, 0.05) is 12.6 Å². The number of nitrogens with zero attached hydrogens (tertiary/aromatic N) is 4. The summed E-state index contributed by atoms with van der Waals surface area (Å²) < 4.78 is 1.65. The first-order valence-corrected chi connectivity index (χ1v) is 8.47. The molecule has 1 aromatic carbocycles. The largest absolute Gasteiger partial charge is 0.294 e. The number of nitriles is 1. The SMILES string of the molecule is CC(C)c1ccc(C2CC(=O)c3cnc4c(C#N)cnn4c3C2)cc1. The van der Waals surface area contributed by atoms with E-state index >= 15 is 0 Å². The fourth-order valence-corrected chi connectivity index (χ4v) is 3.51. The minimum atomic E-state index is 0.0857. The van der Waals surface area contributed by atoms with Crippen LogP contribution in [0, 0.1) is 11.3 Å². The van der Waals surface area contributed by atoms with Crippen LogP contribution in [0.15, 0.2) is 36.7 Å². The first-order chi connectivity index (χ1) is 12.1. The van der Waals surface area contributed by atoms with Crippen LogP contribution in [0.3, 0.4) is 0 Å². The number of fused-ring (bicyclic) bond motifs is 3. The maximum atomic E-state index is 12.6. The molecule has 0 spiro atoms. The molecule has 2 heterocycles. The van der Waals surface area contributed by atoms with Crippen LogP contribution in [0.25, 0.3) is 5.65 Å². The first-order valence-electron chi connectivity index (χ1n) is 8.47. The third-order valence-corrected chi connectivity index (χ3v) is 4.99.